The number of nitrogens with zero attached hydrogens (tertiary/aromatic N) is 1. The number of carbonyl (C=O) groups is 5. The summed E-state index contributed by atoms with van der Waals surface area (Å²) in [5, 5.41) is 10.9. The third kappa shape index (κ3) is 8.46. The van der Waals surface area contributed by atoms with E-state index in [1.165, 1.54) is 18.2 Å². The molecule has 0 amide bonds. The highest BCUT2D eigenvalue weighted by Crippen LogP contribution is 2.32. The maximum absolute atomic E-state index is 12.9. The molecule has 0 saturated carbocycles. The first-order valence-corrected chi connectivity index (χ1v) is 12.1. The van der Waals surface area contributed by atoms with Gasteiger partial charge >= 0.3 is 29.8 Å². The lowest BCUT2D eigenvalue weighted by Crippen LogP contribution is -2.64. The fourth-order valence-electron chi connectivity index (χ4n) is 3.98. The van der Waals surface area contributed by atoms with Gasteiger partial charge in [-0.2, -0.15) is 0 Å². The van der Waals surface area contributed by atoms with Crippen LogP contribution >= 0.6 is 0 Å². The van der Waals surface area contributed by atoms with E-state index in [2.05, 4.69) is 0 Å². The largest absolute Gasteiger partial charge is 0.491 e. The number of esters is 4. The van der Waals surface area contributed by atoms with Gasteiger partial charge in [0.25, 0.3) is 0 Å². The van der Waals surface area contributed by atoms with Crippen LogP contribution in [0.3, 0.4) is 0 Å². The first kappa shape index (κ1) is 31.0. The fourth-order valence-corrected chi connectivity index (χ4v) is 3.98. The molecule has 41 heavy (non-hydrogen) atoms. The molecular formula is C25H27NO15. The van der Waals surface area contributed by atoms with Crippen LogP contribution in [-0.2, 0) is 57.1 Å². The Morgan fingerprint density at radius 2 is 1.59 bits per heavy atom. The van der Waals surface area contributed by atoms with Gasteiger partial charge in [-0.25, -0.2) is 0 Å². The van der Waals surface area contributed by atoms with E-state index in [1.807, 2.05) is 0 Å². The van der Waals surface area contributed by atoms with E-state index in [0.29, 0.717) is 0 Å². The van der Waals surface area contributed by atoms with Gasteiger partial charge in [0.15, 0.2) is 42.6 Å². The van der Waals surface area contributed by atoms with Crippen LogP contribution in [0.15, 0.2) is 35.0 Å². The molecule has 1 aromatic heterocycles. The van der Waals surface area contributed by atoms with Crippen molar-refractivity contribution in [1.29, 1.82) is 0 Å². The number of rotatable bonds is 10. The summed E-state index contributed by atoms with van der Waals surface area (Å²) in [6, 6.07) is 2.46. The van der Waals surface area contributed by atoms with Crippen molar-refractivity contribution in [1.82, 2.24) is 0 Å². The molecule has 1 aromatic rings. The van der Waals surface area contributed by atoms with Gasteiger partial charge in [0.2, 0.25) is 0 Å². The average Bonchev–Trinajstić information content (AvgIpc) is 3.35. The predicted octanol–water partition coefficient (Wildman–Crippen LogP) is 1.15. The van der Waals surface area contributed by atoms with E-state index in [1.54, 1.807) is 0 Å². The molecule has 0 bridgehead atoms. The molecule has 0 aliphatic carbocycles. The van der Waals surface area contributed by atoms with Crippen molar-refractivity contribution in [3.05, 3.63) is 46.4 Å². The molecule has 16 nitrogen and oxygen atoms in total. The topological polar surface area (TPSA) is 206 Å². The molecule has 1 fully saturated rings. The van der Waals surface area contributed by atoms with E-state index in [9.17, 15) is 34.1 Å². The van der Waals surface area contributed by atoms with Crippen LogP contribution in [0.2, 0.25) is 0 Å². The minimum absolute atomic E-state index is 0.0772. The van der Waals surface area contributed by atoms with Crippen LogP contribution in [0, 0.1) is 10.1 Å². The molecule has 0 spiro atoms. The second kappa shape index (κ2) is 13.7. The van der Waals surface area contributed by atoms with Crippen molar-refractivity contribution in [3.8, 4) is 0 Å². The molecule has 7 atom stereocenters. The maximum Gasteiger partial charge on any atom is 0.433 e. The minimum Gasteiger partial charge on any atom is -0.491 e. The van der Waals surface area contributed by atoms with Gasteiger partial charge in [-0.3, -0.25) is 34.1 Å². The average molecular weight is 581 g/mol. The van der Waals surface area contributed by atoms with Crippen molar-refractivity contribution >= 4 is 41.6 Å². The summed E-state index contributed by atoms with van der Waals surface area (Å²) in [6.45, 7) is 3.82. The molecule has 222 valence electrons. The number of carbonyl (C=O) groups excluding carboxylic acids is 5. The fraction of sp³-hybridized carbons (Fsp3) is 0.480. The maximum atomic E-state index is 12.9. The van der Waals surface area contributed by atoms with Crippen LogP contribution in [0.1, 0.15) is 33.5 Å². The number of hydrogen-bond donors (Lipinski definition) is 0. The minimum atomic E-state index is -1.64. The second-order valence-corrected chi connectivity index (χ2v) is 8.72. The standard InChI is InChI=1S/C25H27NO15/c1-12(27)35-11-19-22(36-13(2)28)23(37-14(3)29)24(38-15(4)30)25(40-19)41-21-17(31)9-10-34-18(21)7-5-16-6-8-20(39-16)26(32)33/h5-10,18-19,21-25H,11H2,1-4H3/b7-5+/t18-,19-,21-,22-,23+,24-,25+/m1/s1. The Morgan fingerprint density at radius 1 is 0.951 bits per heavy atom. The lowest BCUT2D eigenvalue weighted by molar-refractivity contribution is -0.402. The van der Waals surface area contributed by atoms with Crippen LogP contribution in [0.5, 0.6) is 0 Å². The van der Waals surface area contributed by atoms with Crippen molar-refractivity contribution in [3.63, 3.8) is 0 Å². The predicted molar refractivity (Wildman–Crippen MR) is 130 cm³/mol. The molecule has 2 aliphatic heterocycles. The van der Waals surface area contributed by atoms with Crippen LogP contribution in [0.4, 0.5) is 5.88 Å². The molecule has 16 heteroatoms. The van der Waals surface area contributed by atoms with Gasteiger partial charge in [-0.1, -0.05) is 0 Å². The van der Waals surface area contributed by atoms with E-state index >= 15 is 0 Å². The summed E-state index contributed by atoms with van der Waals surface area (Å²) in [5.41, 5.74) is 0. The summed E-state index contributed by atoms with van der Waals surface area (Å²) < 4.78 is 43.3. The molecule has 3 heterocycles. The Balaban J connectivity index is 1.95. The lowest BCUT2D eigenvalue weighted by Gasteiger charge is -2.45. The zero-order valence-electron chi connectivity index (χ0n) is 22.3. The van der Waals surface area contributed by atoms with Crippen LogP contribution < -0.4 is 0 Å². The number of nitro groups is 1. The Bertz CT molecular complexity index is 1230. The zero-order chi connectivity index (χ0) is 30.3. The van der Waals surface area contributed by atoms with Gasteiger partial charge in [0.05, 0.1) is 12.3 Å². The normalized spacial score (nSPS) is 27.5. The van der Waals surface area contributed by atoms with Crippen LogP contribution in [-0.4, -0.2) is 84.1 Å². The highest BCUT2D eigenvalue weighted by molar-refractivity contribution is 5.94. The van der Waals surface area contributed by atoms with Crippen LogP contribution in [0.25, 0.3) is 6.08 Å². The van der Waals surface area contributed by atoms with E-state index in [4.69, 9.17) is 37.6 Å². The first-order chi connectivity index (χ1) is 19.3. The highest BCUT2D eigenvalue weighted by Gasteiger charge is 2.54. The summed E-state index contributed by atoms with van der Waals surface area (Å²) in [6.07, 6.45) is -5.18. The molecule has 0 aromatic carbocycles. The molecule has 0 radical (unpaired) electrons. The molecule has 2 aliphatic rings. The summed E-state index contributed by atoms with van der Waals surface area (Å²) >= 11 is 0. The van der Waals surface area contributed by atoms with Gasteiger partial charge in [-0.15, -0.1) is 0 Å². The number of ether oxygens (including phenoxy) is 7. The molecule has 0 unspecified atom stereocenters. The quantitative estimate of drug-likeness (QED) is 0.164. The van der Waals surface area contributed by atoms with Crippen molar-refractivity contribution < 1.29 is 66.5 Å². The second-order valence-electron chi connectivity index (χ2n) is 8.72. The third-order valence-electron chi connectivity index (χ3n) is 5.52. The Kier molecular flexibility index (Phi) is 10.3. The van der Waals surface area contributed by atoms with Crippen molar-refractivity contribution in [2.24, 2.45) is 0 Å². The van der Waals surface area contributed by atoms with E-state index in [0.717, 1.165) is 46.1 Å². The SMILES string of the molecule is CC(=O)OC[C@H]1O[C@@H](O[C@@H]2C(=O)C=CO[C@@H]2/C=C/c2ccc([N+](=O)[O-])o2)[C@H](OC(C)=O)[C@@H](OC(C)=O)[C@@H]1OC(C)=O. The molecular weight excluding hydrogens is 554 g/mol. The smallest absolute Gasteiger partial charge is 0.433 e. The van der Waals surface area contributed by atoms with Crippen molar-refractivity contribution in [2.75, 3.05) is 6.61 Å². The molecule has 1 saturated heterocycles. The Morgan fingerprint density at radius 3 is 2.17 bits per heavy atom. The Labute approximate surface area is 232 Å². The summed E-state index contributed by atoms with van der Waals surface area (Å²) in [7, 11) is 0. The van der Waals surface area contributed by atoms with E-state index in [-0.39, 0.29) is 5.76 Å². The van der Waals surface area contributed by atoms with E-state index < -0.39 is 90.0 Å². The molecule has 0 N–H and O–H groups in total. The number of ketones is 1. The van der Waals surface area contributed by atoms with Crippen molar-refractivity contribution in [2.45, 2.75) is 70.6 Å². The summed E-state index contributed by atoms with van der Waals surface area (Å²) in [5.74, 6) is -4.25. The molecule has 3 rings (SSSR count). The van der Waals surface area contributed by atoms with Gasteiger partial charge in [0, 0.05) is 33.8 Å². The lowest BCUT2D eigenvalue weighted by atomic mass is 9.97. The number of hydrogen-bond acceptors (Lipinski definition) is 15. The highest BCUT2D eigenvalue weighted by atomic mass is 16.7. The Hall–Kier alpha value is -4.57. The van der Waals surface area contributed by atoms with Gasteiger partial charge < -0.3 is 37.6 Å². The number of furan rings is 1. The van der Waals surface area contributed by atoms with Gasteiger partial charge in [-0.05, 0) is 18.2 Å². The van der Waals surface area contributed by atoms with Gasteiger partial charge in [0.1, 0.15) is 23.4 Å². The third-order valence-corrected chi connectivity index (χ3v) is 5.52. The monoisotopic (exact) mass is 581 g/mol. The first-order valence-electron chi connectivity index (χ1n) is 12.1. The summed E-state index contributed by atoms with van der Waals surface area (Å²) in [4.78, 5) is 70.4. The zero-order valence-corrected chi connectivity index (χ0v) is 22.3.